The number of imidazole rings is 1. The van der Waals surface area contributed by atoms with E-state index in [1.165, 1.54) is 6.33 Å². The van der Waals surface area contributed by atoms with Crippen molar-refractivity contribution in [2.45, 2.75) is 37.8 Å². The third-order valence-electron chi connectivity index (χ3n) is 3.78. The highest BCUT2D eigenvalue weighted by atomic mass is 16.4. The number of amides is 3. The molecule has 2 unspecified atom stereocenters. The van der Waals surface area contributed by atoms with Crippen LogP contribution in [0.2, 0.25) is 0 Å². The average molecular weight is 397 g/mol. The molecule has 0 aromatic carbocycles. The molecule has 28 heavy (non-hydrogen) atoms. The lowest BCUT2D eigenvalue weighted by atomic mass is 10.1. The molecule has 1 aromatic rings. The molecule has 0 radical (unpaired) electrons. The van der Waals surface area contributed by atoms with Crippen LogP contribution in [0.5, 0.6) is 0 Å². The van der Waals surface area contributed by atoms with Crippen molar-refractivity contribution in [2.75, 3.05) is 19.6 Å². The van der Waals surface area contributed by atoms with Crippen LogP contribution >= 0.6 is 0 Å². The highest BCUT2D eigenvalue weighted by Crippen LogP contribution is 2.00. The number of nitrogens with two attached hydrogens (primary N) is 2. The van der Waals surface area contributed by atoms with Gasteiger partial charge in [0.2, 0.25) is 17.7 Å². The van der Waals surface area contributed by atoms with E-state index in [1.807, 2.05) is 0 Å². The molecule has 0 aliphatic heterocycles. The maximum atomic E-state index is 11.9. The number of H-pyrrole nitrogens is 1. The normalized spacial score (nSPS) is 12.6. The number of unbranched alkanes of at least 4 members (excludes halogenated alkanes) is 1. The van der Waals surface area contributed by atoms with E-state index in [1.54, 1.807) is 6.20 Å². The topological polar surface area (TPSA) is 205 Å². The number of hydrogen-bond acceptors (Lipinski definition) is 7. The summed E-state index contributed by atoms with van der Waals surface area (Å²) in [6.07, 6.45) is 4.70. The number of aromatic amines is 1. The van der Waals surface area contributed by atoms with Crippen LogP contribution in [0, 0.1) is 0 Å². The first-order chi connectivity index (χ1) is 13.3. The minimum atomic E-state index is -1.16. The molecule has 0 fully saturated rings. The van der Waals surface area contributed by atoms with Gasteiger partial charge in [0.1, 0.15) is 6.04 Å². The predicted octanol–water partition coefficient (Wildman–Crippen LogP) is -2.79. The second kappa shape index (κ2) is 12.4. The van der Waals surface area contributed by atoms with E-state index >= 15 is 0 Å². The molecule has 0 bridgehead atoms. The first kappa shape index (κ1) is 23.0. The van der Waals surface area contributed by atoms with E-state index in [9.17, 15) is 19.2 Å². The number of aromatic nitrogens is 2. The zero-order valence-electron chi connectivity index (χ0n) is 15.4. The zero-order valence-corrected chi connectivity index (χ0v) is 15.4. The SMILES string of the molecule is NCCCCC(NC(=O)CNC(=O)CNC(=O)C(N)Cc1cnc[nH]1)C(=O)O. The number of hydrogen-bond donors (Lipinski definition) is 7. The van der Waals surface area contributed by atoms with Gasteiger partial charge in [-0.15, -0.1) is 0 Å². The monoisotopic (exact) mass is 397 g/mol. The summed E-state index contributed by atoms with van der Waals surface area (Å²) in [6, 6.07) is -1.91. The van der Waals surface area contributed by atoms with E-state index in [0.717, 1.165) is 0 Å². The lowest BCUT2D eigenvalue weighted by molar-refractivity contribution is -0.142. The molecule has 0 aliphatic carbocycles. The summed E-state index contributed by atoms with van der Waals surface area (Å²) < 4.78 is 0. The number of carboxylic acids is 1. The van der Waals surface area contributed by atoms with Crippen LogP contribution in [0.1, 0.15) is 25.0 Å². The molecule has 3 amide bonds. The summed E-state index contributed by atoms with van der Waals surface area (Å²) in [5, 5.41) is 16.1. The van der Waals surface area contributed by atoms with Gasteiger partial charge in [-0.3, -0.25) is 14.4 Å². The maximum Gasteiger partial charge on any atom is 0.326 e. The van der Waals surface area contributed by atoms with Crippen molar-refractivity contribution >= 4 is 23.7 Å². The zero-order chi connectivity index (χ0) is 20.9. The quantitative estimate of drug-likeness (QED) is 0.173. The van der Waals surface area contributed by atoms with Gasteiger partial charge in [0.25, 0.3) is 0 Å². The summed E-state index contributed by atoms with van der Waals surface area (Å²) in [5.41, 5.74) is 11.8. The molecular formula is C16H27N7O5. The Morgan fingerprint density at radius 3 is 2.46 bits per heavy atom. The van der Waals surface area contributed by atoms with Gasteiger partial charge in [0.15, 0.2) is 0 Å². The largest absolute Gasteiger partial charge is 0.480 e. The lowest BCUT2D eigenvalue weighted by Gasteiger charge is -2.15. The van der Waals surface area contributed by atoms with Crippen LogP contribution in [0.4, 0.5) is 0 Å². The molecule has 1 aromatic heterocycles. The average Bonchev–Trinajstić information content (AvgIpc) is 3.16. The van der Waals surface area contributed by atoms with Crippen LogP contribution in [0.15, 0.2) is 12.5 Å². The first-order valence-corrected chi connectivity index (χ1v) is 8.83. The molecule has 2 atom stereocenters. The Bertz CT molecular complexity index is 650. The number of nitrogens with zero attached hydrogens (tertiary/aromatic N) is 1. The van der Waals surface area contributed by atoms with Crippen molar-refractivity contribution in [2.24, 2.45) is 11.5 Å². The molecule has 0 saturated heterocycles. The van der Waals surface area contributed by atoms with Crippen molar-refractivity contribution in [1.29, 1.82) is 0 Å². The van der Waals surface area contributed by atoms with Crippen LogP contribution in [0.25, 0.3) is 0 Å². The predicted molar refractivity (Wildman–Crippen MR) is 98.8 cm³/mol. The van der Waals surface area contributed by atoms with Crippen LogP contribution < -0.4 is 27.4 Å². The van der Waals surface area contributed by atoms with Crippen molar-refractivity contribution in [3.63, 3.8) is 0 Å². The van der Waals surface area contributed by atoms with Crippen molar-refractivity contribution in [1.82, 2.24) is 25.9 Å². The fourth-order valence-corrected chi connectivity index (χ4v) is 2.26. The van der Waals surface area contributed by atoms with Gasteiger partial charge in [0, 0.05) is 18.3 Å². The minimum absolute atomic E-state index is 0.233. The van der Waals surface area contributed by atoms with Crippen molar-refractivity contribution in [3.8, 4) is 0 Å². The van der Waals surface area contributed by atoms with Gasteiger partial charge >= 0.3 is 5.97 Å². The third-order valence-corrected chi connectivity index (χ3v) is 3.78. The molecule has 156 valence electrons. The minimum Gasteiger partial charge on any atom is -0.480 e. The Hall–Kier alpha value is -2.99. The Labute approximate surface area is 161 Å². The van der Waals surface area contributed by atoms with Crippen LogP contribution in [0.3, 0.4) is 0 Å². The molecule has 9 N–H and O–H groups in total. The van der Waals surface area contributed by atoms with E-state index < -0.39 is 42.3 Å². The molecule has 12 nitrogen and oxygen atoms in total. The summed E-state index contributed by atoms with van der Waals surface area (Å²) in [7, 11) is 0. The fourth-order valence-electron chi connectivity index (χ4n) is 2.26. The second-order valence-electron chi connectivity index (χ2n) is 6.12. The summed E-state index contributed by atoms with van der Waals surface area (Å²) in [4.78, 5) is 53.1. The molecule has 1 heterocycles. The smallest absolute Gasteiger partial charge is 0.326 e. The summed E-state index contributed by atoms with van der Waals surface area (Å²) in [6.45, 7) is -0.329. The van der Waals surface area contributed by atoms with Gasteiger partial charge in [0.05, 0.1) is 25.5 Å². The standard InChI is InChI=1S/C16H27N7O5/c17-4-2-1-3-12(16(27)28)23-14(25)8-20-13(24)7-21-15(26)11(18)5-10-6-19-9-22-10/h6,9,11-12H,1-5,7-8,17-18H2,(H,19,22)(H,20,24)(H,21,26)(H,23,25)(H,27,28). The summed E-state index contributed by atoms with van der Waals surface area (Å²) >= 11 is 0. The third kappa shape index (κ3) is 9.09. The number of nitrogens with one attached hydrogen (secondary N) is 4. The molecule has 1 rings (SSSR count). The van der Waals surface area contributed by atoms with Gasteiger partial charge < -0.3 is 37.5 Å². The van der Waals surface area contributed by atoms with Crippen LogP contribution in [-0.4, -0.2) is 70.5 Å². The second-order valence-corrected chi connectivity index (χ2v) is 6.12. The van der Waals surface area contributed by atoms with Gasteiger partial charge in [-0.2, -0.15) is 0 Å². The number of carbonyl (C=O) groups excluding carboxylic acids is 3. The van der Waals surface area contributed by atoms with E-state index in [2.05, 4.69) is 25.9 Å². The van der Waals surface area contributed by atoms with E-state index in [4.69, 9.17) is 16.6 Å². The number of carbonyl (C=O) groups is 4. The summed E-state index contributed by atoms with van der Waals surface area (Å²) in [5.74, 6) is -2.93. The maximum absolute atomic E-state index is 11.9. The lowest BCUT2D eigenvalue weighted by Crippen LogP contribution is -2.48. The van der Waals surface area contributed by atoms with Gasteiger partial charge in [-0.25, -0.2) is 9.78 Å². The fraction of sp³-hybridized carbons (Fsp3) is 0.562. The van der Waals surface area contributed by atoms with Crippen LogP contribution in [-0.2, 0) is 25.6 Å². The van der Waals surface area contributed by atoms with Gasteiger partial charge in [-0.05, 0) is 25.8 Å². The first-order valence-electron chi connectivity index (χ1n) is 8.83. The Balaban J connectivity index is 2.27. The number of aliphatic carboxylic acids is 1. The molecular weight excluding hydrogens is 370 g/mol. The molecule has 12 heteroatoms. The Kier molecular flexibility index (Phi) is 10.2. The number of carboxylic acid groups (broad SMARTS) is 1. The van der Waals surface area contributed by atoms with E-state index in [0.29, 0.717) is 25.1 Å². The molecule has 0 aliphatic rings. The van der Waals surface area contributed by atoms with Gasteiger partial charge in [-0.1, -0.05) is 0 Å². The number of rotatable bonds is 13. The van der Waals surface area contributed by atoms with E-state index in [-0.39, 0.29) is 19.4 Å². The van der Waals surface area contributed by atoms with Crippen molar-refractivity contribution in [3.05, 3.63) is 18.2 Å². The Morgan fingerprint density at radius 2 is 1.86 bits per heavy atom. The highest BCUT2D eigenvalue weighted by Gasteiger charge is 2.20. The molecule has 0 spiro atoms. The molecule has 0 saturated carbocycles. The highest BCUT2D eigenvalue weighted by molar-refractivity contribution is 5.90. The Morgan fingerprint density at radius 1 is 1.14 bits per heavy atom. The van der Waals surface area contributed by atoms with Crippen molar-refractivity contribution < 1.29 is 24.3 Å².